The van der Waals surface area contributed by atoms with E-state index in [1.807, 2.05) is 6.07 Å². The number of hydrogen-bond acceptors (Lipinski definition) is 2. The first-order chi connectivity index (χ1) is 7.79. The molecule has 17 heavy (non-hydrogen) atoms. The molecule has 0 spiro atoms. The van der Waals surface area contributed by atoms with Crippen molar-refractivity contribution >= 4 is 26.9 Å². The highest BCUT2D eigenvalue weighted by molar-refractivity contribution is 9.10. The molecular formula is C14H18BrNO. The van der Waals surface area contributed by atoms with Gasteiger partial charge in [-0.05, 0) is 52.0 Å². The summed E-state index contributed by atoms with van der Waals surface area (Å²) in [6.45, 7) is 8.42. The molecule has 92 valence electrons. The summed E-state index contributed by atoms with van der Waals surface area (Å²) in [5.41, 5.74) is 8.30. The number of hydrogen-bond donors (Lipinski definition) is 1. The van der Waals surface area contributed by atoms with Crippen LogP contribution >= 0.6 is 15.9 Å². The molecule has 0 bridgehead atoms. The standard InChI is InChI=1S/C14H18BrNO/c1-8-5-9-7-11(13(16)14(2,3)4)17-12(9)10(15)6-8/h5-7,13H,16H2,1-4H3. The van der Waals surface area contributed by atoms with Gasteiger partial charge in [-0.2, -0.15) is 0 Å². The van der Waals surface area contributed by atoms with Crippen LogP contribution in [0.4, 0.5) is 0 Å². The summed E-state index contributed by atoms with van der Waals surface area (Å²) in [5.74, 6) is 0.846. The maximum absolute atomic E-state index is 6.21. The van der Waals surface area contributed by atoms with Gasteiger partial charge < -0.3 is 10.2 Å². The van der Waals surface area contributed by atoms with Gasteiger partial charge in [0.05, 0.1) is 10.5 Å². The van der Waals surface area contributed by atoms with Crippen LogP contribution in [-0.2, 0) is 0 Å². The fourth-order valence-corrected chi connectivity index (χ4v) is 2.52. The monoisotopic (exact) mass is 295 g/mol. The summed E-state index contributed by atoms with van der Waals surface area (Å²) in [6, 6.07) is 6.12. The van der Waals surface area contributed by atoms with E-state index in [4.69, 9.17) is 10.2 Å². The van der Waals surface area contributed by atoms with E-state index in [0.29, 0.717) is 0 Å². The second-order valence-electron chi connectivity index (χ2n) is 5.66. The Morgan fingerprint density at radius 1 is 1.24 bits per heavy atom. The molecule has 2 aromatic rings. The molecule has 0 aliphatic heterocycles. The normalized spacial score (nSPS) is 14.2. The van der Waals surface area contributed by atoms with Crippen LogP contribution < -0.4 is 5.73 Å². The Morgan fingerprint density at radius 3 is 2.47 bits per heavy atom. The molecule has 0 saturated heterocycles. The number of halogens is 1. The number of furan rings is 1. The van der Waals surface area contributed by atoms with Crippen LogP contribution in [-0.4, -0.2) is 0 Å². The van der Waals surface area contributed by atoms with Crippen LogP contribution in [0.2, 0.25) is 0 Å². The highest BCUT2D eigenvalue weighted by atomic mass is 79.9. The van der Waals surface area contributed by atoms with Gasteiger partial charge in [0.15, 0.2) is 0 Å². The van der Waals surface area contributed by atoms with Crippen molar-refractivity contribution < 1.29 is 4.42 Å². The average Bonchev–Trinajstić information content (AvgIpc) is 2.58. The third-order valence-electron chi connectivity index (χ3n) is 2.97. The van der Waals surface area contributed by atoms with Gasteiger partial charge in [0, 0.05) is 5.39 Å². The first-order valence-corrected chi connectivity index (χ1v) is 6.53. The Balaban J connectivity index is 2.56. The largest absolute Gasteiger partial charge is 0.458 e. The zero-order valence-corrected chi connectivity index (χ0v) is 12.3. The third-order valence-corrected chi connectivity index (χ3v) is 3.56. The lowest BCUT2D eigenvalue weighted by Gasteiger charge is -2.24. The Morgan fingerprint density at radius 2 is 1.88 bits per heavy atom. The van der Waals surface area contributed by atoms with Gasteiger partial charge in [-0.3, -0.25) is 0 Å². The molecule has 1 unspecified atom stereocenters. The molecule has 0 radical (unpaired) electrons. The zero-order chi connectivity index (χ0) is 12.8. The van der Waals surface area contributed by atoms with Crippen molar-refractivity contribution in [3.05, 3.63) is 34.0 Å². The van der Waals surface area contributed by atoms with Crippen molar-refractivity contribution in [1.82, 2.24) is 0 Å². The quantitative estimate of drug-likeness (QED) is 0.838. The van der Waals surface area contributed by atoms with Gasteiger partial charge in [0.1, 0.15) is 11.3 Å². The van der Waals surface area contributed by atoms with Gasteiger partial charge >= 0.3 is 0 Å². The minimum atomic E-state index is -0.0953. The van der Waals surface area contributed by atoms with E-state index < -0.39 is 0 Å². The van der Waals surface area contributed by atoms with Crippen molar-refractivity contribution in [3.63, 3.8) is 0 Å². The fraction of sp³-hybridized carbons (Fsp3) is 0.429. The molecule has 2 N–H and O–H groups in total. The van der Waals surface area contributed by atoms with Crippen LogP contribution in [0.5, 0.6) is 0 Å². The predicted molar refractivity (Wildman–Crippen MR) is 75.0 cm³/mol. The second-order valence-corrected chi connectivity index (χ2v) is 6.51. The Hall–Kier alpha value is -0.800. The molecule has 0 saturated carbocycles. The maximum atomic E-state index is 6.21. The van der Waals surface area contributed by atoms with E-state index in [1.165, 1.54) is 5.56 Å². The number of aryl methyl sites for hydroxylation is 1. The number of fused-ring (bicyclic) bond motifs is 1. The Bertz CT molecular complexity index is 551. The van der Waals surface area contributed by atoms with E-state index >= 15 is 0 Å². The molecule has 1 heterocycles. The second kappa shape index (κ2) is 4.14. The van der Waals surface area contributed by atoms with Crippen molar-refractivity contribution in [3.8, 4) is 0 Å². The predicted octanol–water partition coefficient (Wildman–Crippen LogP) is 4.55. The highest BCUT2D eigenvalue weighted by Crippen LogP contribution is 2.36. The molecule has 0 fully saturated rings. The number of benzene rings is 1. The van der Waals surface area contributed by atoms with Gasteiger partial charge in [0.2, 0.25) is 0 Å². The van der Waals surface area contributed by atoms with Crippen LogP contribution in [0.15, 0.2) is 27.1 Å². The molecule has 1 aromatic heterocycles. The van der Waals surface area contributed by atoms with Crippen molar-refractivity contribution in [2.24, 2.45) is 11.1 Å². The SMILES string of the molecule is Cc1cc(Br)c2oc(C(N)C(C)(C)C)cc2c1. The molecule has 1 atom stereocenters. The lowest BCUT2D eigenvalue weighted by atomic mass is 9.86. The van der Waals surface area contributed by atoms with E-state index in [0.717, 1.165) is 21.2 Å². The molecule has 1 aromatic carbocycles. The number of nitrogens with two attached hydrogens (primary N) is 1. The molecule has 0 amide bonds. The summed E-state index contributed by atoms with van der Waals surface area (Å²) >= 11 is 3.53. The molecule has 0 aliphatic rings. The molecular weight excluding hydrogens is 278 g/mol. The third kappa shape index (κ3) is 2.40. The molecule has 2 rings (SSSR count). The van der Waals surface area contributed by atoms with Gasteiger partial charge in [-0.1, -0.05) is 20.8 Å². The minimum Gasteiger partial charge on any atom is -0.458 e. The first kappa shape index (κ1) is 12.7. The van der Waals surface area contributed by atoms with E-state index in [9.17, 15) is 0 Å². The lowest BCUT2D eigenvalue weighted by Crippen LogP contribution is -2.25. The summed E-state index contributed by atoms with van der Waals surface area (Å²) in [4.78, 5) is 0. The summed E-state index contributed by atoms with van der Waals surface area (Å²) in [6.07, 6.45) is 0. The van der Waals surface area contributed by atoms with Crippen molar-refractivity contribution in [2.45, 2.75) is 33.7 Å². The average molecular weight is 296 g/mol. The topological polar surface area (TPSA) is 39.2 Å². The van der Waals surface area contributed by atoms with E-state index in [-0.39, 0.29) is 11.5 Å². The molecule has 3 heteroatoms. The summed E-state index contributed by atoms with van der Waals surface area (Å²) in [7, 11) is 0. The first-order valence-electron chi connectivity index (χ1n) is 5.74. The van der Waals surface area contributed by atoms with Gasteiger partial charge in [-0.25, -0.2) is 0 Å². The van der Waals surface area contributed by atoms with E-state index in [2.05, 4.69) is 55.8 Å². The Labute approximate surface area is 110 Å². The number of rotatable bonds is 1. The smallest absolute Gasteiger partial charge is 0.148 e. The van der Waals surface area contributed by atoms with Crippen molar-refractivity contribution in [2.75, 3.05) is 0 Å². The summed E-state index contributed by atoms with van der Waals surface area (Å²) in [5, 5.41) is 1.10. The zero-order valence-electron chi connectivity index (χ0n) is 10.7. The van der Waals surface area contributed by atoms with Gasteiger partial charge in [-0.15, -0.1) is 0 Å². The minimum absolute atomic E-state index is 0.00457. The van der Waals surface area contributed by atoms with Crippen LogP contribution in [0.1, 0.15) is 38.1 Å². The van der Waals surface area contributed by atoms with E-state index in [1.54, 1.807) is 0 Å². The van der Waals surface area contributed by atoms with Crippen LogP contribution in [0.3, 0.4) is 0 Å². The summed E-state index contributed by atoms with van der Waals surface area (Å²) < 4.78 is 6.86. The molecule has 2 nitrogen and oxygen atoms in total. The lowest BCUT2D eigenvalue weighted by molar-refractivity contribution is 0.290. The van der Waals surface area contributed by atoms with Crippen molar-refractivity contribution in [1.29, 1.82) is 0 Å². The highest BCUT2D eigenvalue weighted by Gasteiger charge is 2.25. The Kier molecular flexibility index (Phi) is 3.08. The fourth-order valence-electron chi connectivity index (χ4n) is 1.85. The van der Waals surface area contributed by atoms with Gasteiger partial charge in [0.25, 0.3) is 0 Å². The molecule has 0 aliphatic carbocycles. The van der Waals surface area contributed by atoms with Crippen LogP contribution in [0, 0.1) is 12.3 Å². The maximum Gasteiger partial charge on any atom is 0.148 e. The van der Waals surface area contributed by atoms with Crippen LogP contribution in [0.25, 0.3) is 11.0 Å².